The van der Waals surface area contributed by atoms with Gasteiger partial charge in [-0.2, -0.15) is 5.26 Å². The molecule has 2 aromatic rings. The SMILES string of the molecule is N#Cc1ccc(N)c(-c2ccc(CN3CCOCC3)cc2)c1. The van der Waals surface area contributed by atoms with E-state index >= 15 is 0 Å². The quantitative estimate of drug-likeness (QED) is 0.884. The molecule has 0 atom stereocenters. The van der Waals surface area contributed by atoms with Crippen LogP contribution in [0.15, 0.2) is 42.5 Å². The number of hydrogen-bond acceptors (Lipinski definition) is 4. The number of hydrogen-bond donors (Lipinski definition) is 1. The lowest BCUT2D eigenvalue weighted by Gasteiger charge is -2.26. The smallest absolute Gasteiger partial charge is 0.0991 e. The van der Waals surface area contributed by atoms with Crippen LogP contribution in [-0.2, 0) is 11.3 Å². The van der Waals surface area contributed by atoms with Crippen LogP contribution >= 0.6 is 0 Å². The molecule has 1 heterocycles. The monoisotopic (exact) mass is 293 g/mol. The van der Waals surface area contributed by atoms with Crippen LogP contribution in [0.5, 0.6) is 0 Å². The van der Waals surface area contributed by atoms with Gasteiger partial charge in [0.15, 0.2) is 0 Å². The van der Waals surface area contributed by atoms with E-state index in [4.69, 9.17) is 15.7 Å². The van der Waals surface area contributed by atoms with Crippen molar-refractivity contribution in [2.75, 3.05) is 32.0 Å². The Labute approximate surface area is 130 Å². The average Bonchev–Trinajstić information content (AvgIpc) is 2.57. The highest BCUT2D eigenvalue weighted by Gasteiger charge is 2.11. The highest BCUT2D eigenvalue weighted by atomic mass is 16.5. The van der Waals surface area contributed by atoms with E-state index in [1.807, 2.05) is 6.07 Å². The Balaban J connectivity index is 1.78. The second kappa shape index (κ2) is 6.61. The third kappa shape index (κ3) is 3.28. The molecule has 1 saturated heterocycles. The van der Waals surface area contributed by atoms with E-state index in [-0.39, 0.29) is 0 Å². The standard InChI is InChI=1S/C18H19N3O/c19-12-15-3-6-18(20)17(11-15)16-4-1-14(2-5-16)13-21-7-9-22-10-8-21/h1-6,11H,7-10,13,20H2. The molecule has 0 aliphatic carbocycles. The van der Waals surface area contributed by atoms with Crippen LogP contribution in [0, 0.1) is 11.3 Å². The minimum absolute atomic E-state index is 0.626. The fourth-order valence-electron chi connectivity index (χ4n) is 2.68. The van der Waals surface area contributed by atoms with Gasteiger partial charge in [-0.25, -0.2) is 0 Å². The Kier molecular flexibility index (Phi) is 4.38. The molecule has 0 amide bonds. The largest absolute Gasteiger partial charge is 0.398 e. The summed E-state index contributed by atoms with van der Waals surface area (Å²) in [6.45, 7) is 4.54. The number of nitriles is 1. The Morgan fingerprint density at radius 2 is 1.82 bits per heavy atom. The molecule has 112 valence electrons. The van der Waals surface area contributed by atoms with E-state index in [0.717, 1.165) is 44.0 Å². The van der Waals surface area contributed by atoms with Crippen molar-refractivity contribution in [2.45, 2.75) is 6.54 Å². The zero-order valence-electron chi connectivity index (χ0n) is 12.5. The first-order valence-electron chi connectivity index (χ1n) is 7.45. The van der Waals surface area contributed by atoms with Gasteiger partial charge in [0.05, 0.1) is 24.8 Å². The summed E-state index contributed by atoms with van der Waals surface area (Å²) in [6, 6.07) is 15.9. The predicted octanol–water partition coefficient (Wildman–Crippen LogP) is 2.64. The van der Waals surface area contributed by atoms with Crippen molar-refractivity contribution in [1.29, 1.82) is 5.26 Å². The molecule has 3 rings (SSSR count). The first kappa shape index (κ1) is 14.6. The van der Waals surface area contributed by atoms with Gasteiger partial charge in [-0.15, -0.1) is 0 Å². The van der Waals surface area contributed by atoms with Crippen LogP contribution in [0.3, 0.4) is 0 Å². The minimum atomic E-state index is 0.626. The van der Waals surface area contributed by atoms with Crippen molar-refractivity contribution < 1.29 is 4.74 Å². The molecule has 0 bridgehead atoms. The Morgan fingerprint density at radius 1 is 1.09 bits per heavy atom. The lowest BCUT2D eigenvalue weighted by Crippen LogP contribution is -2.35. The van der Waals surface area contributed by atoms with Gasteiger partial charge < -0.3 is 10.5 Å². The normalized spacial score (nSPS) is 15.4. The molecular weight excluding hydrogens is 274 g/mol. The van der Waals surface area contributed by atoms with Crippen LogP contribution in [0.25, 0.3) is 11.1 Å². The molecule has 0 saturated carbocycles. The highest BCUT2D eigenvalue weighted by molar-refractivity contribution is 5.77. The van der Waals surface area contributed by atoms with Gasteiger partial charge in [-0.3, -0.25) is 4.90 Å². The summed E-state index contributed by atoms with van der Waals surface area (Å²) in [4.78, 5) is 2.39. The Hall–Kier alpha value is -2.35. The highest BCUT2D eigenvalue weighted by Crippen LogP contribution is 2.27. The first-order valence-corrected chi connectivity index (χ1v) is 7.45. The van der Waals surface area contributed by atoms with E-state index in [1.54, 1.807) is 12.1 Å². The molecule has 1 aliphatic rings. The topological polar surface area (TPSA) is 62.3 Å². The summed E-state index contributed by atoms with van der Waals surface area (Å²) in [6.07, 6.45) is 0. The van der Waals surface area contributed by atoms with E-state index < -0.39 is 0 Å². The summed E-state index contributed by atoms with van der Waals surface area (Å²) >= 11 is 0. The lowest BCUT2D eigenvalue weighted by atomic mass is 10.00. The second-order valence-corrected chi connectivity index (χ2v) is 5.50. The Morgan fingerprint density at radius 3 is 2.50 bits per heavy atom. The summed E-state index contributed by atoms with van der Waals surface area (Å²) in [5, 5.41) is 9.02. The number of nitrogen functional groups attached to an aromatic ring is 1. The maximum absolute atomic E-state index is 9.02. The number of ether oxygens (including phenoxy) is 1. The number of benzene rings is 2. The molecule has 4 nitrogen and oxygen atoms in total. The van der Waals surface area contributed by atoms with Gasteiger partial charge >= 0.3 is 0 Å². The maximum atomic E-state index is 9.02. The second-order valence-electron chi connectivity index (χ2n) is 5.50. The molecule has 0 aromatic heterocycles. The van der Waals surface area contributed by atoms with Gasteiger partial charge in [-0.05, 0) is 29.3 Å². The third-order valence-corrected chi connectivity index (χ3v) is 3.96. The fraction of sp³-hybridized carbons (Fsp3) is 0.278. The molecular formula is C18H19N3O. The van der Waals surface area contributed by atoms with Crippen LogP contribution < -0.4 is 5.73 Å². The van der Waals surface area contributed by atoms with Crippen molar-refractivity contribution >= 4 is 5.69 Å². The van der Waals surface area contributed by atoms with Crippen LogP contribution in [-0.4, -0.2) is 31.2 Å². The van der Waals surface area contributed by atoms with Crippen molar-refractivity contribution in [3.8, 4) is 17.2 Å². The van der Waals surface area contributed by atoms with Crippen LogP contribution in [0.4, 0.5) is 5.69 Å². The number of morpholine rings is 1. The minimum Gasteiger partial charge on any atom is -0.398 e. The van der Waals surface area contributed by atoms with Gasteiger partial charge in [-0.1, -0.05) is 24.3 Å². The van der Waals surface area contributed by atoms with Crippen molar-refractivity contribution in [1.82, 2.24) is 4.90 Å². The zero-order valence-corrected chi connectivity index (χ0v) is 12.5. The number of nitrogens with two attached hydrogens (primary N) is 1. The molecule has 22 heavy (non-hydrogen) atoms. The molecule has 2 N–H and O–H groups in total. The summed E-state index contributed by atoms with van der Waals surface area (Å²) in [5.41, 5.74) is 10.6. The van der Waals surface area contributed by atoms with E-state index in [0.29, 0.717) is 11.3 Å². The van der Waals surface area contributed by atoms with E-state index in [2.05, 4.69) is 35.2 Å². The summed E-state index contributed by atoms with van der Waals surface area (Å²) < 4.78 is 5.37. The van der Waals surface area contributed by atoms with E-state index in [1.165, 1.54) is 5.56 Å². The van der Waals surface area contributed by atoms with Crippen molar-refractivity contribution in [3.05, 3.63) is 53.6 Å². The van der Waals surface area contributed by atoms with Gasteiger partial charge in [0.25, 0.3) is 0 Å². The molecule has 0 radical (unpaired) electrons. The van der Waals surface area contributed by atoms with Gasteiger partial charge in [0.1, 0.15) is 0 Å². The number of rotatable bonds is 3. The van der Waals surface area contributed by atoms with Gasteiger partial charge in [0, 0.05) is 30.9 Å². The molecule has 0 unspecified atom stereocenters. The summed E-state index contributed by atoms with van der Waals surface area (Å²) in [7, 11) is 0. The molecule has 4 heteroatoms. The average molecular weight is 293 g/mol. The lowest BCUT2D eigenvalue weighted by molar-refractivity contribution is 0.0342. The number of nitrogens with zero attached hydrogens (tertiary/aromatic N) is 2. The van der Waals surface area contributed by atoms with Crippen LogP contribution in [0.2, 0.25) is 0 Å². The summed E-state index contributed by atoms with van der Waals surface area (Å²) in [5.74, 6) is 0. The maximum Gasteiger partial charge on any atom is 0.0991 e. The predicted molar refractivity (Wildman–Crippen MR) is 87.1 cm³/mol. The fourth-order valence-corrected chi connectivity index (χ4v) is 2.68. The number of anilines is 1. The molecule has 1 fully saturated rings. The molecule has 0 spiro atoms. The Bertz CT molecular complexity index is 682. The first-order chi connectivity index (χ1) is 10.8. The van der Waals surface area contributed by atoms with Gasteiger partial charge in [0.2, 0.25) is 0 Å². The third-order valence-electron chi connectivity index (χ3n) is 3.96. The molecule has 1 aliphatic heterocycles. The molecule has 2 aromatic carbocycles. The van der Waals surface area contributed by atoms with Crippen LogP contribution in [0.1, 0.15) is 11.1 Å². The van der Waals surface area contributed by atoms with Crippen molar-refractivity contribution in [2.24, 2.45) is 0 Å². The van der Waals surface area contributed by atoms with Crippen molar-refractivity contribution in [3.63, 3.8) is 0 Å². The zero-order chi connectivity index (χ0) is 15.4. The van der Waals surface area contributed by atoms with E-state index in [9.17, 15) is 0 Å².